The van der Waals surface area contributed by atoms with Gasteiger partial charge in [0.25, 0.3) is 5.91 Å². The number of allylic oxidation sites excluding steroid dienone is 1. The fourth-order valence-corrected chi connectivity index (χ4v) is 4.55. The maximum absolute atomic E-state index is 12.7. The van der Waals surface area contributed by atoms with Crippen molar-refractivity contribution in [3.63, 3.8) is 0 Å². The lowest BCUT2D eigenvalue weighted by atomic mass is 10.0. The van der Waals surface area contributed by atoms with Gasteiger partial charge in [0.05, 0.1) is 17.2 Å². The van der Waals surface area contributed by atoms with Crippen LogP contribution in [-0.2, 0) is 17.8 Å². The molecule has 3 aromatic rings. The van der Waals surface area contributed by atoms with E-state index in [-0.39, 0.29) is 5.91 Å². The van der Waals surface area contributed by atoms with E-state index in [9.17, 15) is 4.79 Å². The molecule has 36 heavy (non-hydrogen) atoms. The highest BCUT2D eigenvalue weighted by Crippen LogP contribution is 2.37. The van der Waals surface area contributed by atoms with E-state index in [4.69, 9.17) is 9.47 Å². The van der Waals surface area contributed by atoms with Crippen LogP contribution < -0.4 is 14.8 Å². The van der Waals surface area contributed by atoms with E-state index in [1.165, 1.54) is 17.3 Å². The van der Waals surface area contributed by atoms with Gasteiger partial charge in [-0.3, -0.25) is 4.79 Å². The van der Waals surface area contributed by atoms with Gasteiger partial charge in [0.15, 0.2) is 16.7 Å². The summed E-state index contributed by atoms with van der Waals surface area (Å²) >= 11 is 1.32. The van der Waals surface area contributed by atoms with Gasteiger partial charge in [-0.25, -0.2) is 4.99 Å². The number of hydrogen-bond donors (Lipinski definition) is 1. The summed E-state index contributed by atoms with van der Waals surface area (Å²) in [7, 11) is 0. The highest BCUT2D eigenvalue weighted by atomic mass is 32.2. The third kappa shape index (κ3) is 6.46. The molecule has 0 bridgehead atoms. The first-order valence-corrected chi connectivity index (χ1v) is 12.7. The monoisotopic (exact) mass is 498 g/mol. The number of thioether (sulfide) groups is 1. The van der Waals surface area contributed by atoms with Gasteiger partial charge in [0, 0.05) is 5.56 Å². The van der Waals surface area contributed by atoms with Crippen LogP contribution in [0.2, 0.25) is 0 Å². The summed E-state index contributed by atoms with van der Waals surface area (Å²) in [5, 5.41) is 3.41. The minimum absolute atomic E-state index is 0.172. The zero-order valence-electron chi connectivity index (χ0n) is 20.8. The zero-order valence-corrected chi connectivity index (χ0v) is 21.7. The molecule has 1 aliphatic heterocycles. The Morgan fingerprint density at radius 1 is 1.00 bits per heavy atom. The third-order valence-corrected chi connectivity index (χ3v) is 6.45. The zero-order chi connectivity index (χ0) is 25.5. The van der Waals surface area contributed by atoms with Crippen LogP contribution in [0.5, 0.6) is 11.5 Å². The number of benzene rings is 3. The van der Waals surface area contributed by atoms with Crippen molar-refractivity contribution in [3.8, 4) is 11.5 Å². The second kappa shape index (κ2) is 11.8. The number of ether oxygens (including phenoxy) is 2. The van der Waals surface area contributed by atoms with E-state index < -0.39 is 0 Å². The van der Waals surface area contributed by atoms with E-state index >= 15 is 0 Å². The van der Waals surface area contributed by atoms with Crippen molar-refractivity contribution in [2.75, 3.05) is 6.61 Å². The van der Waals surface area contributed by atoms with Crippen molar-refractivity contribution in [2.45, 2.75) is 33.8 Å². The summed E-state index contributed by atoms with van der Waals surface area (Å²) < 4.78 is 12.2. The number of nitrogens with zero attached hydrogens (tertiary/aromatic N) is 1. The Morgan fingerprint density at radius 3 is 2.36 bits per heavy atom. The summed E-state index contributed by atoms with van der Waals surface area (Å²) in [6.07, 6.45) is 4.31. The van der Waals surface area contributed by atoms with Crippen LogP contribution in [0.25, 0.3) is 6.08 Å². The number of aryl methyl sites for hydroxylation is 2. The molecule has 1 amide bonds. The van der Waals surface area contributed by atoms with Gasteiger partial charge in [-0.2, -0.15) is 0 Å². The second-order valence-corrected chi connectivity index (χ2v) is 9.56. The Bertz CT molecular complexity index is 1310. The van der Waals surface area contributed by atoms with Crippen LogP contribution in [-0.4, -0.2) is 17.7 Å². The minimum atomic E-state index is -0.172. The second-order valence-electron chi connectivity index (χ2n) is 8.52. The number of rotatable bonds is 9. The van der Waals surface area contributed by atoms with E-state index in [0.29, 0.717) is 41.2 Å². The Kier molecular flexibility index (Phi) is 8.28. The third-order valence-electron chi connectivity index (χ3n) is 5.54. The summed E-state index contributed by atoms with van der Waals surface area (Å²) in [6.45, 7) is 10.9. The fourth-order valence-electron chi connectivity index (χ4n) is 3.71. The molecule has 0 spiro atoms. The average molecular weight is 499 g/mol. The van der Waals surface area contributed by atoms with Crippen LogP contribution in [0.4, 0.5) is 5.69 Å². The average Bonchev–Trinajstić information content (AvgIpc) is 3.19. The predicted octanol–water partition coefficient (Wildman–Crippen LogP) is 6.90. The summed E-state index contributed by atoms with van der Waals surface area (Å²) in [5.41, 5.74) is 6.05. The van der Waals surface area contributed by atoms with Gasteiger partial charge < -0.3 is 14.8 Å². The fraction of sp³-hybridized carbons (Fsp3) is 0.200. The number of carbonyl (C=O) groups excluding carboxylic acids is 1. The van der Waals surface area contributed by atoms with E-state index in [1.54, 1.807) is 0 Å². The Morgan fingerprint density at radius 2 is 1.69 bits per heavy atom. The van der Waals surface area contributed by atoms with Gasteiger partial charge in [-0.05, 0) is 80.4 Å². The molecule has 1 N–H and O–H groups in total. The Balaban J connectivity index is 1.61. The number of hydrogen-bond acceptors (Lipinski definition) is 5. The van der Waals surface area contributed by atoms with Crippen LogP contribution in [0.1, 0.15) is 34.7 Å². The van der Waals surface area contributed by atoms with Crippen molar-refractivity contribution in [2.24, 2.45) is 4.99 Å². The molecular weight excluding hydrogens is 468 g/mol. The predicted molar refractivity (Wildman–Crippen MR) is 149 cm³/mol. The maximum atomic E-state index is 12.7. The Hall–Kier alpha value is -3.77. The largest absolute Gasteiger partial charge is 0.490 e. The molecule has 0 aromatic heterocycles. The lowest BCUT2D eigenvalue weighted by Crippen LogP contribution is -2.19. The van der Waals surface area contributed by atoms with Gasteiger partial charge in [-0.15, -0.1) is 6.58 Å². The van der Waals surface area contributed by atoms with E-state index in [2.05, 4.69) is 48.1 Å². The number of aliphatic imine (C=N–C) groups is 1. The summed E-state index contributed by atoms with van der Waals surface area (Å²) in [6, 6.07) is 20.1. The molecule has 0 atom stereocenters. The minimum Gasteiger partial charge on any atom is -0.490 e. The number of carbonyl (C=O) groups is 1. The molecule has 0 radical (unpaired) electrons. The van der Waals surface area contributed by atoms with Gasteiger partial charge in [0.1, 0.15) is 6.61 Å². The molecule has 1 heterocycles. The SMILES string of the molecule is C=CCc1cc(/C=C2/SC(=Nc3ccc(C)cc3)NC2=O)cc(OCC)c1OCc1ccc(C)cc1. The van der Waals surface area contributed by atoms with Crippen LogP contribution in [0.15, 0.2) is 83.2 Å². The number of amidine groups is 1. The van der Waals surface area contributed by atoms with Crippen LogP contribution in [0, 0.1) is 13.8 Å². The highest BCUT2D eigenvalue weighted by Gasteiger charge is 2.24. The van der Waals surface area contributed by atoms with Gasteiger partial charge in [0.2, 0.25) is 0 Å². The molecule has 0 saturated carbocycles. The molecule has 5 nitrogen and oxygen atoms in total. The molecule has 4 rings (SSSR count). The normalized spacial score (nSPS) is 15.2. The molecular formula is C30H30N2O3S. The lowest BCUT2D eigenvalue weighted by Gasteiger charge is -2.17. The number of nitrogens with one attached hydrogen (secondary N) is 1. The van der Waals surface area contributed by atoms with Gasteiger partial charge >= 0.3 is 0 Å². The highest BCUT2D eigenvalue weighted by molar-refractivity contribution is 8.18. The van der Waals surface area contributed by atoms with Crippen LogP contribution >= 0.6 is 11.8 Å². The standard InChI is InChI=1S/C30H30N2O3S/c1-5-7-24-16-23(17-26(34-6-2)28(24)35-19-22-12-8-20(3)9-13-22)18-27-29(33)32-30(36-27)31-25-14-10-21(4)11-15-25/h5,8-18H,1,6-7,19H2,2-4H3,(H,31,32,33)/b27-18+. The van der Waals surface area contributed by atoms with Crippen molar-refractivity contribution < 1.29 is 14.3 Å². The lowest BCUT2D eigenvalue weighted by molar-refractivity contribution is -0.115. The smallest absolute Gasteiger partial charge is 0.264 e. The molecule has 1 fully saturated rings. The molecule has 184 valence electrons. The molecule has 6 heteroatoms. The molecule has 0 aliphatic carbocycles. The quantitative estimate of drug-likeness (QED) is 0.257. The summed E-state index contributed by atoms with van der Waals surface area (Å²) in [4.78, 5) is 17.8. The number of amides is 1. The Labute approximate surface area is 216 Å². The molecule has 1 saturated heterocycles. The topological polar surface area (TPSA) is 59.9 Å². The first kappa shape index (κ1) is 25.3. The summed E-state index contributed by atoms with van der Waals surface area (Å²) in [5.74, 6) is 1.17. The molecule has 1 aliphatic rings. The van der Waals surface area contributed by atoms with Crippen molar-refractivity contribution in [3.05, 3.63) is 106 Å². The van der Waals surface area contributed by atoms with Crippen molar-refractivity contribution in [1.82, 2.24) is 5.32 Å². The van der Waals surface area contributed by atoms with Gasteiger partial charge in [-0.1, -0.05) is 53.6 Å². The van der Waals surface area contributed by atoms with E-state index in [0.717, 1.165) is 27.9 Å². The first-order valence-electron chi connectivity index (χ1n) is 11.9. The maximum Gasteiger partial charge on any atom is 0.264 e. The van der Waals surface area contributed by atoms with E-state index in [1.807, 2.05) is 62.4 Å². The van der Waals surface area contributed by atoms with Crippen molar-refractivity contribution in [1.29, 1.82) is 0 Å². The molecule has 0 unspecified atom stereocenters. The van der Waals surface area contributed by atoms with Crippen LogP contribution in [0.3, 0.4) is 0 Å². The van der Waals surface area contributed by atoms with Crippen molar-refractivity contribution >= 4 is 34.6 Å². The molecule has 3 aromatic carbocycles. The first-order chi connectivity index (χ1) is 17.4.